The lowest BCUT2D eigenvalue weighted by Gasteiger charge is -2.41. The van der Waals surface area contributed by atoms with Crippen molar-refractivity contribution >= 4 is 47.3 Å². The van der Waals surface area contributed by atoms with Crippen molar-refractivity contribution in [1.82, 2.24) is 5.32 Å². The highest BCUT2D eigenvalue weighted by atomic mass is 28.3. The Morgan fingerprint density at radius 2 is 1.08 bits per heavy atom. The van der Waals surface area contributed by atoms with Gasteiger partial charge in [-0.1, -0.05) is 256 Å². The minimum atomic E-state index is -2.70. The molecule has 0 bridgehead atoms. The van der Waals surface area contributed by atoms with Crippen LogP contribution < -0.4 is 36.4 Å². The molecule has 6 aromatic rings. The van der Waals surface area contributed by atoms with Crippen LogP contribution in [0.5, 0.6) is 0 Å². The van der Waals surface area contributed by atoms with Crippen molar-refractivity contribution < 1.29 is 0 Å². The second kappa shape index (κ2) is 17.7. The Morgan fingerprint density at radius 3 is 1.62 bits per heavy atom. The highest BCUT2D eigenvalue weighted by Gasteiger charge is 2.46. The van der Waals surface area contributed by atoms with Crippen molar-refractivity contribution in [3.05, 3.63) is 277 Å². The number of dihydropyridines is 1. The van der Waals surface area contributed by atoms with Gasteiger partial charge >= 0.3 is 0 Å². The molecule has 3 aliphatic carbocycles. The van der Waals surface area contributed by atoms with Gasteiger partial charge in [0.25, 0.3) is 0 Å². The molecular weight excluding hydrogens is 791 g/mol. The average Bonchev–Trinajstić information content (AvgIpc) is 3.37. The van der Waals surface area contributed by atoms with E-state index in [9.17, 15) is 0 Å². The zero-order chi connectivity index (χ0) is 42.5. The van der Waals surface area contributed by atoms with Gasteiger partial charge in [0.15, 0.2) is 16.1 Å². The number of rotatable bonds is 11. The predicted molar refractivity (Wildman–Crippen MR) is 273 cm³/mol. The third-order valence-corrected chi connectivity index (χ3v) is 24.2. The molecule has 6 aromatic carbocycles. The average molecular weight is 846 g/mol. The predicted octanol–water partition coefficient (Wildman–Crippen LogP) is 10.2. The van der Waals surface area contributed by atoms with Crippen molar-refractivity contribution in [2.45, 2.75) is 37.8 Å². The van der Waals surface area contributed by atoms with Gasteiger partial charge in [0, 0.05) is 17.0 Å². The second-order valence-electron chi connectivity index (χ2n) is 17.8. The van der Waals surface area contributed by atoms with Crippen LogP contribution in [0, 0.1) is 11.3 Å². The van der Waals surface area contributed by atoms with Crippen LogP contribution in [-0.4, -0.2) is 16.1 Å². The van der Waals surface area contributed by atoms with Crippen LogP contribution >= 0.6 is 0 Å². The van der Waals surface area contributed by atoms with E-state index in [1.54, 1.807) is 0 Å². The first-order valence-corrected chi connectivity index (χ1v) is 26.8. The molecule has 1 N–H and O–H groups in total. The molecule has 1 heterocycles. The van der Waals surface area contributed by atoms with Crippen LogP contribution in [0.25, 0.3) is 0 Å². The highest BCUT2D eigenvalue weighted by molar-refractivity contribution is 7.16. The maximum Gasteiger partial charge on any atom is 0.179 e. The summed E-state index contributed by atoms with van der Waals surface area (Å²) < 4.78 is 0. The van der Waals surface area contributed by atoms with Gasteiger partial charge in [-0.25, -0.2) is 0 Å². The van der Waals surface area contributed by atoms with E-state index < -0.39 is 16.1 Å². The Hall–Kier alpha value is -6.53. The normalized spacial score (nSPS) is 21.9. The first-order chi connectivity index (χ1) is 31.1. The van der Waals surface area contributed by atoms with E-state index in [0.717, 1.165) is 19.3 Å². The standard InChI is InChI=1S/C60H55NSi2/c1-60(41-21-8-22-42-60)49-45-58(47-25-23-39-56(43-47)62(50-27-9-2-10-28-50,51-29-11-3-12-30-51)52-31-13-4-14-32-52)61-59(46-49)48-26-24-40-57(44-48)63(53-33-15-5-16-34-53,54-35-17-6-18-36-54)55-37-19-7-20-38-55/h2-25,27-31,33-41,43-46,48,52,58,61H,26,32,42H2,1H3. The molecule has 10 rings (SSSR count). The molecule has 308 valence electrons. The summed E-state index contributed by atoms with van der Waals surface area (Å²) in [6.07, 6.45) is 34.1. The summed E-state index contributed by atoms with van der Waals surface area (Å²) in [4.78, 5) is 0. The lowest BCUT2D eigenvalue weighted by molar-refractivity contribution is 0.505. The van der Waals surface area contributed by atoms with Gasteiger partial charge in [-0.2, -0.15) is 0 Å². The summed E-state index contributed by atoms with van der Waals surface area (Å²) in [7, 11) is -5.30. The van der Waals surface area contributed by atoms with Crippen molar-refractivity contribution in [3.63, 3.8) is 0 Å². The van der Waals surface area contributed by atoms with Crippen LogP contribution in [-0.2, 0) is 0 Å². The van der Waals surface area contributed by atoms with Gasteiger partial charge in [-0.05, 0) is 78.3 Å². The van der Waals surface area contributed by atoms with Crippen LogP contribution in [0.1, 0.15) is 37.8 Å². The van der Waals surface area contributed by atoms with E-state index in [2.05, 4.69) is 267 Å². The summed E-state index contributed by atoms with van der Waals surface area (Å²) in [6, 6.07) is 66.5. The van der Waals surface area contributed by atoms with Gasteiger partial charge in [-0.15, -0.1) is 0 Å². The van der Waals surface area contributed by atoms with Crippen molar-refractivity contribution in [1.29, 1.82) is 0 Å². The Bertz CT molecular complexity index is 2660. The first kappa shape index (κ1) is 40.5. The SMILES string of the molecule is CC1(C2=CC(c3cccc([Si](c4ccccc4)(c4ccccc4)C4C=CC=CC4)c3)NC(C3C=C([Si](c4ccccc4)(c4ccccc4)c4ccccc4)C=CC3)=C2)C=CC=CC1. The van der Waals surface area contributed by atoms with E-state index in [4.69, 9.17) is 0 Å². The number of hydrogen-bond acceptors (Lipinski definition) is 1. The molecule has 0 spiro atoms. The largest absolute Gasteiger partial charge is 0.378 e. The van der Waals surface area contributed by atoms with Gasteiger partial charge < -0.3 is 5.32 Å². The molecule has 0 amide bonds. The Labute approximate surface area is 376 Å². The smallest absolute Gasteiger partial charge is 0.179 e. The molecule has 3 heteroatoms. The fourth-order valence-electron chi connectivity index (χ4n) is 11.0. The highest BCUT2D eigenvalue weighted by Crippen LogP contribution is 2.42. The molecule has 0 saturated carbocycles. The molecular formula is C60H55NSi2. The molecule has 0 radical (unpaired) electrons. The molecule has 0 aromatic heterocycles. The van der Waals surface area contributed by atoms with E-state index in [1.807, 2.05) is 0 Å². The van der Waals surface area contributed by atoms with Gasteiger partial charge in [0.1, 0.15) is 0 Å². The summed E-state index contributed by atoms with van der Waals surface area (Å²) in [5.74, 6) is 0.176. The Kier molecular flexibility index (Phi) is 11.4. The third kappa shape index (κ3) is 7.50. The van der Waals surface area contributed by atoms with E-state index in [0.29, 0.717) is 5.54 Å². The monoisotopic (exact) mass is 845 g/mol. The van der Waals surface area contributed by atoms with Crippen molar-refractivity contribution in [2.75, 3.05) is 0 Å². The molecule has 0 saturated heterocycles. The van der Waals surface area contributed by atoms with Crippen molar-refractivity contribution in [3.8, 4) is 0 Å². The molecule has 63 heavy (non-hydrogen) atoms. The number of nitrogens with one attached hydrogen (secondary N) is 1. The van der Waals surface area contributed by atoms with Gasteiger partial charge in [0.05, 0.1) is 6.04 Å². The number of hydrogen-bond donors (Lipinski definition) is 1. The van der Waals surface area contributed by atoms with Crippen molar-refractivity contribution in [2.24, 2.45) is 11.3 Å². The van der Waals surface area contributed by atoms with Crippen LogP contribution in [0.2, 0.25) is 5.54 Å². The number of allylic oxidation sites excluding steroid dienone is 14. The summed E-state index contributed by atoms with van der Waals surface area (Å²) in [5, 5.41) is 14.2. The minimum Gasteiger partial charge on any atom is -0.378 e. The Morgan fingerprint density at radius 1 is 0.524 bits per heavy atom. The number of benzene rings is 6. The van der Waals surface area contributed by atoms with E-state index in [-0.39, 0.29) is 17.4 Å². The van der Waals surface area contributed by atoms with E-state index in [1.165, 1.54) is 53.2 Å². The Balaban J connectivity index is 1.12. The summed E-state index contributed by atoms with van der Waals surface area (Å²) >= 11 is 0. The second-order valence-corrected chi connectivity index (χ2v) is 25.7. The third-order valence-electron chi connectivity index (χ3n) is 14.1. The van der Waals surface area contributed by atoms with E-state index >= 15 is 0 Å². The van der Waals surface area contributed by atoms with Gasteiger partial charge in [0.2, 0.25) is 0 Å². The zero-order valence-electron chi connectivity index (χ0n) is 36.1. The minimum absolute atomic E-state index is 0.00162. The van der Waals surface area contributed by atoms with Crippen LogP contribution in [0.4, 0.5) is 0 Å². The fourth-order valence-corrected chi connectivity index (χ4v) is 21.2. The molecule has 1 aliphatic heterocycles. The first-order valence-electron chi connectivity index (χ1n) is 22.7. The van der Waals surface area contributed by atoms with Crippen LogP contribution in [0.3, 0.4) is 0 Å². The summed E-state index contributed by atoms with van der Waals surface area (Å²) in [6.45, 7) is 2.41. The molecule has 4 unspecified atom stereocenters. The topological polar surface area (TPSA) is 12.0 Å². The molecule has 1 nitrogen and oxygen atoms in total. The maximum atomic E-state index is 4.22. The van der Waals surface area contributed by atoms with Crippen LogP contribution in [0.15, 0.2) is 271 Å². The zero-order valence-corrected chi connectivity index (χ0v) is 38.1. The maximum absolute atomic E-state index is 4.22. The molecule has 4 aliphatic rings. The molecule has 4 atom stereocenters. The lowest BCUT2D eigenvalue weighted by Crippen LogP contribution is -2.69. The lowest BCUT2D eigenvalue weighted by atomic mass is 9.74. The quantitative estimate of drug-likeness (QED) is 0.101. The summed E-state index contributed by atoms with van der Waals surface area (Å²) in [5.41, 5.74) is 4.25. The van der Waals surface area contributed by atoms with Gasteiger partial charge in [-0.3, -0.25) is 0 Å². The fraction of sp³-hybridized carbons (Fsp3) is 0.133. The molecule has 0 fully saturated rings.